The van der Waals surface area contributed by atoms with Crippen LogP contribution in [0.25, 0.3) is 0 Å². The topological polar surface area (TPSA) is 46.9 Å². The average molecular weight is 228 g/mol. The molecule has 1 saturated heterocycles. The zero-order chi connectivity index (χ0) is 11.4. The largest absolute Gasteiger partial charge is 0.395 e. The van der Waals surface area contributed by atoms with E-state index in [1.54, 1.807) is 0 Å². The molecular formula is C12H24N2O2. The van der Waals surface area contributed by atoms with Crippen molar-refractivity contribution in [3.63, 3.8) is 0 Å². The summed E-state index contributed by atoms with van der Waals surface area (Å²) in [7, 11) is 0. The molecular weight excluding hydrogens is 204 g/mol. The minimum atomic E-state index is -0.113. The van der Waals surface area contributed by atoms with Gasteiger partial charge in [0.2, 0.25) is 0 Å². The molecule has 94 valence electrons. The number of β-amino-alcohol motifs (C(OH)–C–C–N with tert-alkyl or cyclic N) is 1. The fraction of sp³-hybridized carbons (Fsp3) is 1.00. The SMILES string of the molecule is OCCN1CCN([C@@H]2CCCC[C@@H]2O)CC1. The third kappa shape index (κ3) is 2.94. The highest BCUT2D eigenvalue weighted by Gasteiger charge is 2.30. The first-order valence-corrected chi connectivity index (χ1v) is 6.56. The molecule has 0 aromatic carbocycles. The van der Waals surface area contributed by atoms with Gasteiger partial charge in [-0.25, -0.2) is 0 Å². The zero-order valence-corrected chi connectivity index (χ0v) is 10.0. The molecule has 0 aromatic rings. The van der Waals surface area contributed by atoms with Crippen molar-refractivity contribution in [1.29, 1.82) is 0 Å². The summed E-state index contributed by atoms with van der Waals surface area (Å²) in [5.41, 5.74) is 0. The van der Waals surface area contributed by atoms with E-state index in [1.807, 2.05) is 0 Å². The summed E-state index contributed by atoms with van der Waals surface area (Å²) < 4.78 is 0. The van der Waals surface area contributed by atoms with Crippen LogP contribution >= 0.6 is 0 Å². The Bertz CT molecular complexity index is 205. The molecule has 2 atom stereocenters. The van der Waals surface area contributed by atoms with Crippen molar-refractivity contribution >= 4 is 0 Å². The Balaban J connectivity index is 1.79. The minimum absolute atomic E-state index is 0.113. The summed E-state index contributed by atoms with van der Waals surface area (Å²) >= 11 is 0. The van der Waals surface area contributed by atoms with Crippen LogP contribution < -0.4 is 0 Å². The number of aliphatic hydroxyl groups excluding tert-OH is 2. The van der Waals surface area contributed by atoms with Gasteiger partial charge in [0.25, 0.3) is 0 Å². The average Bonchev–Trinajstić information content (AvgIpc) is 2.31. The van der Waals surface area contributed by atoms with Crippen LogP contribution in [0.2, 0.25) is 0 Å². The van der Waals surface area contributed by atoms with E-state index in [9.17, 15) is 5.11 Å². The quantitative estimate of drug-likeness (QED) is 0.708. The van der Waals surface area contributed by atoms with Gasteiger partial charge in [-0.15, -0.1) is 0 Å². The van der Waals surface area contributed by atoms with Gasteiger partial charge in [0, 0.05) is 38.8 Å². The second kappa shape index (κ2) is 5.96. The standard InChI is InChI=1S/C12H24N2O2/c15-10-9-13-5-7-14(8-6-13)11-3-1-2-4-12(11)16/h11-12,15-16H,1-10H2/t11-,12+/m1/s1. The molecule has 0 unspecified atom stereocenters. The lowest BCUT2D eigenvalue weighted by Gasteiger charge is -2.42. The molecule has 1 saturated carbocycles. The second-order valence-electron chi connectivity index (χ2n) is 5.02. The van der Waals surface area contributed by atoms with Gasteiger partial charge in [-0.3, -0.25) is 9.80 Å². The monoisotopic (exact) mass is 228 g/mol. The van der Waals surface area contributed by atoms with Crippen LogP contribution in [0.5, 0.6) is 0 Å². The third-order valence-corrected chi connectivity index (χ3v) is 3.99. The first-order chi connectivity index (χ1) is 7.81. The van der Waals surface area contributed by atoms with Gasteiger partial charge in [0.1, 0.15) is 0 Å². The predicted octanol–water partition coefficient (Wildman–Crippen LogP) is -0.100. The maximum absolute atomic E-state index is 10.00. The molecule has 4 heteroatoms. The van der Waals surface area contributed by atoms with E-state index >= 15 is 0 Å². The number of hydrogen-bond acceptors (Lipinski definition) is 4. The highest BCUT2D eigenvalue weighted by molar-refractivity contribution is 4.86. The van der Waals surface area contributed by atoms with Gasteiger partial charge in [-0.05, 0) is 12.8 Å². The zero-order valence-electron chi connectivity index (χ0n) is 10.0. The van der Waals surface area contributed by atoms with Crippen LogP contribution in [-0.2, 0) is 0 Å². The molecule has 1 aliphatic carbocycles. The summed E-state index contributed by atoms with van der Waals surface area (Å²) in [6.45, 7) is 5.20. The lowest BCUT2D eigenvalue weighted by Crippen LogP contribution is -2.54. The highest BCUT2D eigenvalue weighted by Crippen LogP contribution is 2.24. The van der Waals surface area contributed by atoms with Gasteiger partial charge < -0.3 is 10.2 Å². The summed E-state index contributed by atoms with van der Waals surface area (Å²) in [5, 5.41) is 18.9. The van der Waals surface area contributed by atoms with Crippen molar-refractivity contribution in [3.8, 4) is 0 Å². The minimum Gasteiger partial charge on any atom is -0.395 e. The summed E-state index contributed by atoms with van der Waals surface area (Å²) in [4.78, 5) is 4.74. The van der Waals surface area contributed by atoms with Crippen molar-refractivity contribution in [3.05, 3.63) is 0 Å². The molecule has 2 rings (SSSR count). The van der Waals surface area contributed by atoms with Crippen molar-refractivity contribution < 1.29 is 10.2 Å². The van der Waals surface area contributed by atoms with Crippen molar-refractivity contribution in [2.45, 2.75) is 37.8 Å². The predicted molar refractivity (Wildman–Crippen MR) is 63.4 cm³/mol. The van der Waals surface area contributed by atoms with E-state index in [2.05, 4.69) is 9.80 Å². The molecule has 0 bridgehead atoms. The normalized spacial score (nSPS) is 34.1. The molecule has 2 aliphatic rings. The maximum Gasteiger partial charge on any atom is 0.0695 e. The van der Waals surface area contributed by atoms with Gasteiger partial charge in [-0.2, -0.15) is 0 Å². The maximum atomic E-state index is 10.00. The van der Waals surface area contributed by atoms with Crippen LogP contribution in [0.15, 0.2) is 0 Å². The number of rotatable bonds is 3. The van der Waals surface area contributed by atoms with E-state index in [0.717, 1.165) is 45.6 Å². The van der Waals surface area contributed by atoms with Crippen molar-refractivity contribution in [1.82, 2.24) is 9.80 Å². The van der Waals surface area contributed by atoms with Crippen LogP contribution in [-0.4, -0.2) is 71.5 Å². The van der Waals surface area contributed by atoms with Crippen molar-refractivity contribution in [2.75, 3.05) is 39.3 Å². The smallest absolute Gasteiger partial charge is 0.0695 e. The number of piperazine rings is 1. The Kier molecular flexibility index (Phi) is 4.58. The van der Waals surface area contributed by atoms with Crippen LogP contribution in [0, 0.1) is 0 Å². The first kappa shape index (κ1) is 12.3. The summed E-state index contributed by atoms with van der Waals surface area (Å²) in [6.07, 6.45) is 4.46. The molecule has 0 aromatic heterocycles. The van der Waals surface area contributed by atoms with Crippen molar-refractivity contribution in [2.24, 2.45) is 0 Å². The molecule has 4 nitrogen and oxygen atoms in total. The molecule has 0 amide bonds. The molecule has 0 spiro atoms. The third-order valence-electron chi connectivity index (χ3n) is 3.99. The number of aliphatic hydroxyl groups is 2. The van der Waals surface area contributed by atoms with E-state index in [1.165, 1.54) is 12.8 Å². The Morgan fingerprint density at radius 3 is 2.31 bits per heavy atom. The Labute approximate surface area is 97.9 Å². The van der Waals surface area contributed by atoms with Crippen LogP contribution in [0.3, 0.4) is 0 Å². The summed E-state index contributed by atoms with van der Waals surface area (Å²) in [5.74, 6) is 0. The fourth-order valence-corrected chi connectivity index (χ4v) is 2.98. The number of nitrogens with zero attached hydrogens (tertiary/aromatic N) is 2. The van der Waals surface area contributed by atoms with E-state index in [0.29, 0.717) is 6.04 Å². The molecule has 1 heterocycles. The first-order valence-electron chi connectivity index (χ1n) is 6.56. The van der Waals surface area contributed by atoms with E-state index in [-0.39, 0.29) is 12.7 Å². The van der Waals surface area contributed by atoms with Crippen LogP contribution in [0.1, 0.15) is 25.7 Å². The van der Waals surface area contributed by atoms with Gasteiger partial charge in [-0.1, -0.05) is 12.8 Å². The lowest BCUT2D eigenvalue weighted by atomic mass is 9.91. The molecule has 16 heavy (non-hydrogen) atoms. The van der Waals surface area contributed by atoms with E-state index < -0.39 is 0 Å². The van der Waals surface area contributed by atoms with Crippen LogP contribution in [0.4, 0.5) is 0 Å². The second-order valence-corrected chi connectivity index (χ2v) is 5.02. The van der Waals surface area contributed by atoms with Gasteiger partial charge in [0.05, 0.1) is 12.7 Å². The van der Waals surface area contributed by atoms with Gasteiger partial charge in [0.15, 0.2) is 0 Å². The molecule has 0 radical (unpaired) electrons. The molecule has 2 fully saturated rings. The molecule has 2 N–H and O–H groups in total. The highest BCUT2D eigenvalue weighted by atomic mass is 16.3. The Morgan fingerprint density at radius 2 is 1.69 bits per heavy atom. The Hall–Kier alpha value is -0.160. The van der Waals surface area contributed by atoms with Gasteiger partial charge >= 0.3 is 0 Å². The van der Waals surface area contributed by atoms with E-state index in [4.69, 9.17) is 5.11 Å². The summed E-state index contributed by atoms with van der Waals surface area (Å²) in [6, 6.07) is 0.394. The number of hydrogen-bond donors (Lipinski definition) is 2. The fourth-order valence-electron chi connectivity index (χ4n) is 2.98. The Morgan fingerprint density at radius 1 is 1.00 bits per heavy atom. The lowest BCUT2D eigenvalue weighted by molar-refractivity contribution is -0.00543. The molecule has 1 aliphatic heterocycles.